The molecule has 0 spiro atoms. The summed E-state index contributed by atoms with van der Waals surface area (Å²) in [6, 6.07) is 0. The molecule has 2 aliphatic rings. The zero-order valence-corrected chi connectivity index (χ0v) is 18.1. The number of hydrogen-bond donors (Lipinski definition) is 0. The van der Waals surface area contributed by atoms with Crippen LogP contribution in [0.3, 0.4) is 0 Å². The van der Waals surface area contributed by atoms with Crippen LogP contribution in [0.25, 0.3) is 0 Å². The van der Waals surface area contributed by atoms with E-state index >= 15 is 0 Å². The molecule has 2 rings (SSSR count). The van der Waals surface area contributed by atoms with Gasteiger partial charge in [-0.3, -0.25) is 0 Å². The van der Waals surface area contributed by atoms with Crippen LogP contribution in [-0.4, -0.2) is 58.9 Å². The fraction of sp³-hybridized carbons (Fsp3) is 0.714. The minimum absolute atomic E-state index is 0.124. The monoisotopic (exact) mass is 396 g/mol. The van der Waals surface area contributed by atoms with Gasteiger partial charge in [-0.25, -0.2) is 0 Å². The molecule has 1 aliphatic carbocycles. The first-order valence-electron chi connectivity index (χ1n) is 8.10. The van der Waals surface area contributed by atoms with Gasteiger partial charge in [0.05, 0.1) is 0 Å². The Morgan fingerprint density at radius 2 is 1.33 bits per heavy atom. The van der Waals surface area contributed by atoms with Crippen molar-refractivity contribution in [3.63, 3.8) is 0 Å². The van der Waals surface area contributed by atoms with Gasteiger partial charge in [-0.2, -0.15) is 0 Å². The van der Waals surface area contributed by atoms with Gasteiger partial charge in [0.1, 0.15) is 0 Å². The summed E-state index contributed by atoms with van der Waals surface area (Å²) in [6.07, 6.45) is 12.8. The summed E-state index contributed by atoms with van der Waals surface area (Å²) in [4.78, 5) is 0. The van der Waals surface area contributed by atoms with Crippen molar-refractivity contribution >= 4 is 25.8 Å². The Morgan fingerprint density at radius 1 is 0.833 bits per heavy atom. The second-order valence-corrected chi connectivity index (χ2v) is 14.7. The zero-order chi connectivity index (χ0) is 17.7. The summed E-state index contributed by atoms with van der Waals surface area (Å²) < 4.78 is 40.5. The van der Waals surface area contributed by atoms with Crippen LogP contribution in [0.2, 0.25) is 0 Å². The summed E-state index contributed by atoms with van der Waals surface area (Å²) in [5.74, 6) is 0. The molecule has 1 heterocycles. The average molecular weight is 397 g/mol. The van der Waals surface area contributed by atoms with Gasteiger partial charge in [0.15, 0.2) is 0 Å². The van der Waals surface area contributed by atoms with E-state index in [0.29, 0.717) is 0 Å². The molecule has 0 aromatic heterocycles. The molecule has 0 amide bonds. The first-order chi connectivity index (χ1) is 11.5. The van der Waals surface area contributed by atoms with E-state index in [1.807, 2.05) is 6.66 Å². The van der Waals surface area contributed by atoms with Crippen LogP contribution in [-0.2, 0) is 30.2 Å². The van der Waals surface area contributed by atoms with Crippen molar-refractivity contribution < 1.29 is 30.2 Å². The second kappa shape index (κ2) is 8.63. The third kappa shape index (κ3) is 4.42. The number of rotatable bonds is 5. The van der Waals surface area contributed by atoms with Crippen molar-refractivity contribution in [2.45, 2.75) is 31.3 Å². The average Bonchev–Trinajstić information content (AvgIpc) is 2.75. The molecule has 0 saturated carbocycles. The van der Waals surface area contributed by atoms with Crippen LogP contribution < -0.4 is 0 Å². The predicted octanol–water partition coefficient (Wildman–Crippen LogP) is 2.77. The Labute approximate surface area is 147 Å². The van der Waals surface area contributed by atoms with Crippen LogP contribution in [0.15, 0.2) is 24.3 Å². The van der Waals surface area contributed by atoms with Gasteiger partial charge in [-0.05, 0) is 0 Å². The molecule has 1 unspecified atom stereocenters. The van der Waals surface area contributed by atoms with E-state index in [9.17, 15) is 0 Å². The molecule has 0 aromatic rings. The third-order valence-corrected chi connectivity index (χ3v) is 15.3. The molecule has 10 heteroatoms. The van der Waals surface area contributed by atoms with Crippen LogP contribution in [0.1, 0.15) is 25.7 Å². The Balaban J connectivity index is 2.36. The molecular weight excluding hydrogens is 367 g/mol. The minimum atomic E-state index is -3.37. The van der Waals surface area contributed by atoms with Gasteiger partial charge in [0, 0.05) is 0 Å². The molecule has 140 valence electrons. The Hall–Kier alpha value is 0.0638. The van der Waals surface area contributed by atoms with Crippen molar-refractivity contribution in [1.82, 2.24) is 0 Å². The summed E-state index contributed by atoms with van der Waals surface area (Å²) in [5.41, 5.74) is 0.124. The molecule has 1 fully saturated rings. The molecule has 0 radical (unpaired) electrons. The zero-order valence-electron chi connectivity index (χ0n) is 15.1. The molecule has 0 aromatic carbocycles. The molecule has 1 saturated heterocycles. The summed E-state index contributed by atoms with van der Waals surface area (Å²) in [5, 5.41) is 0. The standard InChI is InChI=1S/C14H29O7PSi2/c1-15-23(16-2)19-22(5,20-24(17-3,18-4)21-23)14-12-10-8-6-7-9-11-13-14/h6,8,11,13-14,22H,7,9-10,12H2,1-5H3/b8-6-,13-11-. The molecular formula is C14H29O7PSi2. The van der Waals surface area contributed by atoms with E-state index in [4.69, 9.17) is 30.2 Å². The van der Waals surface area contributed by atoms with Crippen LogP contribution in [0, 0.1) is 0 Å². The molecule has 7 nitrogen and oxygen atoms in total. The van der Waals surface area contributed by atoms with E-state index in [-0.39, 0.29) is 5.66 Å². The Morgan fingerprint density at radius 3 is 1.88 bits per heavy atom. The van der Waals surface area contributed by atoms with Crippen LogP contribution >= 0.6 is 7.72 Å². The van der Waals surface area contributed by atoms with Crippen molar-refractivity contribution in [3.8, 4) is 0 Å². The van der Waals surface area contributed by atoms with Crippen LogP contribution in [0.5, 0.6) is 0 Å². The van der Waals surface area contributed by atoms with E-state index < -0.39 is 25.8 Å². The second-order valence-electron chi connectivity index (χ2n) is 5.80. The summed E-state index contributed by atoms with van der Waals surface area (Å²) >= 11 is 0. The van der Waals surface area contributed by atoms with Gasteiger partial charge in [-0.1, -0.05) is 0 Å². The fourth-order valence-electron chi connectivity index (χ4n) is 2.86. The van der Waals surface area contributed by atoms with Gasteiger partial charge < -0.3 is 0 Å². The third-order valence-electron chi connectivity index (χ3n) is 4.26. The van der Waals surface area contributed by atoms with Crippen molar-refractivity contribution in [1.29, 1.82) is 0 Å². The molecule has 0 N–H and O–H groups in total. The summed E-state index contributed by atoms with van der Waals surface area (Å²) in [7, 11) is -3.47. The van der Waals surface area contributed by atoms with E-state index in [2.05, 4.69) is 24.3 Å². The van der Waals surface area contributed by atoms with E-state index in [1.165, 1.54) is 28.4 Å². The van der Waals surface area contributed by atoms with Crippen molar-refractivity contribution in [3.05, 3.63) is 24.3 Å². The SMILES string of the molecule is CO[Si]1(OC)O[Si](OC)(OC)O[PH](C)(C2/C=C\CC/C=C\CC2)O1. The Kier molecular flexibility index (Phi) is 7.33. The Bertz CT molecular complexity index is 446. The normalized spacial score (nSPS) is 32.8. The number of hydrogen-bond acceptors (Lipinski definition) is 7. The van der Waals surface area contributed by atoms with Gasteiger partial charge in [0.2, 0.25) is 0 Å². The van der Waals surface area contributed by atoms with Gasteiger partial charge in [-0.15, -0.1) is 0 Å². The molecule has 0 bridgehead atoms. The topological polar surface area (TPSA) is 64.6 Å². The maximum atomic E-state index is 6.28. The fourth-order valence-corrected chi connectivity index (χ4v) is 15.1. The molecule has 1 aliphatic heterocycles. The quantitative estimate of drug-likeness (QED) is 0.402. The maximum absolute atomic E-state index is 6.28. The van der Waals surface area contributed by atoms with Gasteiger partial charge in [0.25, 0.3) is 0 Å². The first kappa shape index (κ1) is 20.4. The van der Waals surface area contributed by atoms with Crippen LogP contribution in [0.4, 0.5) is 0 Å². The predicted molar refractivity (Wildman–Crippen MR) is 97.6 cm³/mol. The van der Waals surface area contributed by atoms with Crippen molar-refractivity contribution in [2.24, 2.45) is 0 Å². The molecule has 24 heavy (non-hydrogen) atoms. The summed E-state index contributed by atoms with van der Waals surface area (Å²) in [6.45, 7) is 2.01. The van der Waals surface area contributed by atoms with Gasteiger partial charge >= 0.3 is 147 Å². The number of allylic oxidation sites excluding steroid dienone is 4. The first-order valence-corrected chi connectivity index (χ1v) is 13.8. The van der Waals surface area contributed by atoms with E-state index in [0.717, 1.165) is 25.7 Å². The molecule has 1 atom stereocenters. The van der Waals surface area contributed by atoms with Crippen molar-refractivity contribution in [2.75, 3.05) is 35.1 Å². The van der Waals surface area contributed by atoms with E-state index in [1.54, 1.807) is 0 Å².